The van der Waals surface area contributed by atoms with Crippen molar-refractivity contribution in [1.29, 1.82) is 0 Å². The summed E-state index contributed by atoms with van der Waals surface area (Å²) in [7, 11) is 2.72. The number of nitrogens with zero attached hydrogens (tertiary/aromatic N) is 4. The highest BCUT2D eigenvalue weighted by Gasteiger charge is 2.47. The molecule has 0 aliphatic carbocycles. The molecule has 0 bridgehead atoms. The van der Waals surface area contributed by atoms with Crippen LogP contribution in [-0.4, -0.2) is 201 Å². The number of rotatable bonds is 28. The van der Waals surface area contributed by atoms with E-state index in [2.05, 4.69) is 0 Å². The summed E-state index contributed by atoms with van der Waals surface area (Å²) in [5, 5.41) is 0. The third-order valence-electron chi connectivity index (χ3n) is 21.6. The fourth-order valence-corrected chi connectivity index (χ4v) is 14.7. The maximum absolute atomic E-state index is 13.0. The van der Waals surface area contributed by atoms with Crippen LogP contribution >= 0.6 is 0 Å². The van der Waals surface area contributed by atoms with Crippen molar-refractivity contribution >= 4 is 23.9 Å². The van der Waals surface area contributed by atoms with Crippen molar-refractivity contribution < 1.29 is 117 Å². The molecule has 12 unspecified atom stereocenters. The number of hydrogen-bond acceptors (Lipinski definition) is 24. The molecule has 0 amide bonds. The van der Waals surface area contributed by atoms with Crippen LogP contribution in [0.3, 0.4) is 0 Å². The Morgan fingerprint density at radius 1 is 0.333 bits per heavy atom. The van der Waals surface area contributed by atoms with E-state index in [0.29, 0.717) is 46.6 Å². The summed E-state index contributed by atoms with van der Waals surface area (Å²) in [5.41, 5.74) is 26.2. The van der Waals surface area contributed by atoms with Crippen molar-refractivity contribution in [2.24, 2.45) is 93.9 Å². The first-order valence-corrected chi connectivity index (χ1v) is 41.6. The smallest absolute Gasteiger partial charge is 0.323 e. The van der Waals surface area contributed by atoms with Crippen LogP contribution in [0.25, 0.3) is 0 Å². The fraction of sp³-hybridized carbons (Fsp3) is 0.708. The van der Waals surface area contributed by atoms with Crippen LogP contribution in [0, 0.1) is 70.9 Å². The normalized spacial score (nSPS) is 37.0. The lowest BCUT2D eigenvalue weighted by Crippen LogP contribution is -2.51. The van der Waals surface area contributed by atoms with Crippen LogP contribution in [0.1, 0.15) is 272 Å². The summed E-state index contributed by atoms with van der Waals surface area (Å²) in [6.45, 7) is 17.1. The van der Waals surface area contributed by atoms with Gasteiger partial charge in [0.1, 0.15) is 48.6 Å². The average molecular weight is 1700 g/mol. The second-order valence-corrected chi connectivity index (χ2v) is 34.1. The molecule has 12 rings (SSSR count). The molecule has 0 radical (unpaired) electrons. The van der Waals surface area contributed by atoms with Crippen molar-refractivity contribution in [3.63, 3.8) is 0 Å². The van der Waals surface area contributed by atoms with Crippen LogP contribution in [0.4, 0.5) is 0 Å². The molecule has 0 saturated carbocycles. The molecule has 8 aliphatic rings. The molecule has 24 heteroatoms. The van der Waals surface area contributed by atoms with Gasteiger partial charge in [0.05, 0.1) is 70.4 Å². The van der Waals surface area contributed by atoms with Crippen LogP contribution in [-0.2, 0) is 63.8 Å². The van der Waals surface area contributed by atoms with Gasteiger partial charge in [0.25, 0.3) is 0 Å². The quantitative estimate of drug-likeness (QED) is 0.0303. The third-order valence-corrected chi connectivity index (χ3v) is 21.6. The molecule has 120 heavy (non-hydrogen) atoms. The predicted molar refractivity (Wildman–Crippen MR) is 471 cm³/mol. The van der Waals surface area contributed by atoms with Gasteiger partial charge in [0, 0.05) is 153 Å². The Kier molecular flexibility index (Phi) is 22.7. The third kappa shape index (κ3) is 23.8. The monoisotopic (exact) mass is 1700 g/mol. The van der Waals surface area contributed by atoms with Crippen LogP contribution in [0.15, 0.2) is 48.5 Å². The lowest BCUT2D eigenvalue weighted by Gasteiger charge is -2.47. The Balaban J connectivity index is 0.000000222. The topological polar surface area (TPSA) is 296 Å². The highest BCUT2D eigenvalue weighted by Crippen LogP contribution is 2.50. The fourth-order valence-electron chi connectivity index (χ4n) is 14.7. The zero-order valence-corrected chi connectivity index (χ0v) is 74.0. The number of fused-ring (bicyclic) bond motifs is 12. The van der Waals surface area contributed by atoms with Gasteiger partial charge in [-0.1, -0.05) is 111 Å². The second kappa shape index (κ2) is 43.9. The average Bonchev–Trinajstić information content (AvgIpc) is 0.681. The first-order chi connectivity index (χ1) is 68.3. The molecule has 8 N–H and O–H groups in total. The molecular weight excluding hydrogens is 1520 g/mol. The van der Waals surface area contributed by atoms with Gasteiger partial charge < -0.3 is 79.8 Å². The Morgan fingerprint density at radius 2 is 0.517 bits per heavy atom. The van der Waals surface area contributed by atoms with E-state index in [0.717, 1.165) is 19.6 Å². The van der Waals surface area contributed by atoms with Crippen molar-refractivity contribution in [1.82, 2.24) is 19.6 Å². The molecule has 4 aromatic rings. The lowest BCUT2D eigenvalue weighted by atomic mass is 9.79. The summed E-state index contributed by atoms with van der Waals surface area (Å²) in [6.07, 6.45) is -18.5. The molecule has 24 nitrogen and oxygen atoms in total. The van der Waals surface area contributed by atoms with Gasteiger partial charge in [-0.2, -0.15) is 0 Å². The van der Waals surface area contributed by atoms with E-state index >= 15 is 0 Å². The van der Waals surface area contributed by atoms with Crippen molar-refractivity contribution in [3.8, 4) is 46.0 Å². The number of benzene rings is 4. The number of hydrogen-bond donors (Lipinski definition) is 4. The molecule has 4 aromatic carbocycles. The first kappa shape index (κ1) is 62.0. The van der Waals surface area contributed by atoms with Gasteiger partial charge in [-0.25, -0.2) is 0 Å². The Hall–Kier alpha value is -7.16. The van der Waals surface area contributed by atoms with Gasteiger partial charge in [-0.05, 0) is 192 Å². The Labute approximate surface area is 760 Å². The van der Waals surface area contributed by atoms with Gasteiger partial charge in [0.15, 0.2) is 46.0 Å². The number of ether oxygens (including phenoxy) is 12. The lowest BCUT2D eigenvalue weighted by molar-refractivity contribution is -0.161. The summed E-state index contributed by atoms with van der Waals surface area (Å²) in [6, 6.07) is -2.58. The molecule has 4 saturated heterocycles. The number of methoxy groups -OCH3 is 8. The number of carbonyl (C=O) groups is 4. The maximum Gasteiger partial charge on any atom is 0.323 e. The second-order valence-electron chi connectivity index (χ2n) is 34.1. The number of piperidine rings is 4. The SMILES string of the molecule is [2H]C([2H])([2H])Oc1cc2c(cc1OC)C1([2H])N(CC2)C([2H])([2H])C([2H])(CC(C)C)C(OC(=O)[C@@H](N)C(C)C)C1([2H])[2H].[2H]C([2H])([2H])Oc1cc2c(cc1OC)C1([2H])N(CC2)C([2H])([2H])C([2H])(CC(C)C)C(OC(=O)[C@@H](N)C(C)C)C1([2H])[2H].[2H]C1([2H])C(OC(=O)[C@@H](N)C(C)C)C([2H])(CC(C)C)C([2H])([2H])N2CCc3cc(OC)c(OC)cc3C21[2H].[2H]C1([2H])C(OC(=O)[C@@H](N)C(C)C)C([2H])(CC(C)C)C([2H])([2H])N2CCc3cc(OC)c(OC)cc3C21[2H]. The summed E-state index contributed by atoms with van der Waals surface area (Å²) >= 11 is 0. The van der Waals surface area contributed by atoms with Crippen LogP contribution in [0.2, 0.25) is 0 Å². The highest BCUT2D eigenvalue weighted by molar-refractivity contribution is 5.77. The van der Waals surface area contributed by atoms with Gasteiger partial charge in [0.2, 0.25) is 0 Å². The van der Waals surface area contributed by atoms with Crippen molar-refractivity contribution in [2.45, 2.75) is 260 Å². The van der Waals surface area contributed by atoms with Crippen LogP contribution in [0.5, 0.6) is 46.0 Å². The Bertz CT molecular complexity index is 5190. The van der Waals surface area contributed by atoms with E-state index in [1.165, 1.54) is 79.1 Å². The van der Waals surface area contributed by atoms with Crippen LogP contribution < -0.4 is 60.8 Å². The number of nitrogens with two attached hydrogens (primary N) is 4. The van der Waals surface area contributed by atoms with E-state index in [1.54, 1.807) is 123 Å². The maximum atomic E-state index is 13.0. The summed E-state index contributed by atoms with van der Waals surface area (Å²) in [4.78, 5) is 56.3. The van der Waals surface area contributed by atoms with Gasteiger partial charge >= 0.3 is 23.9 Å². The molecule has 8 aliphatic heterocycles. The van der Waals surface area contributed by atoms with E-state index in [1.807, 2.05) is 0 Å². The molecular formula is C96H152N8O16. The standard InChI is InChI=1S/4C24H38N2O4/c4*1-14(2)9-17-13-26-8-7-16-10-21(28-5)22(29-6)11-18(16)19(26)12-20(17)30-24(27)23(25)15(3)4/h4*10-11,14-15,17,19-20,23H,7-9,12-13,25H2,1-6H3/t4*17?,19?,20?,23-/m0000/s1/i2*5D3,12D2,13D2,17D,19D;2*12D2,13D2,17D,19D. The van der Waals surface area contributed by atoms with E-state index in [-0.39, 0.29) is 169 Å². The zero-order valence-electron chi connectivity index (χ0n) is 104. The summed E-state index contributed by atoms with van der Waals surface area (Å²) in [5.74, 6) is -14.3. The van der Waals surface area contributed by atoms with Crippen molar-refractivity contribution in [3.05, 3.63) is 93.0 Å². The largest absolute Gasteiger partial charge is 0.493 e. The number of esters is 4. The van der Waals surface area contributed by atoms with Crippen molar-refractivity contribution in [2.75, 3.05) is 109 Å². The zero-order chi connectivity index (χ0) is 115. The number of carbonyl (C=O) groups excluding carboxylic acids is 4. The molecule has 8 heterocycles. The molecule has 0 aromatic heterocycles. The van der Waals surface area contributed by atoms with E-state index in [4.69, 9.17) is 99.0 Å². The first-order valence-electron chi connectivity index (χ1n) is 56.6. The minimum absolute atomic E-state index is 0.00169. The minimum atomic E-state index is -2.83. The highest BCUT2D eigenvalue weighted by atomic mass is 16.6. The molecule has 16 atom stereocenters. The van der Waals surface area contributed by atoms with Gasteiger partial charge in [-0.3, -0.25) is 38.8 Å². The van der Waals surface area contributed by atoms with E-state index < -0.39 is 186 Å². The molecule has 0 spiro atoms. The van der Waals surface area contributed by atoms with E-state index in [9.17, 15) is 41.1 Å². The van der Waals surface area contributed by atoms with Gasteiger partial charge in [-0.15, -0.1) is 0 Å². The predicted octanol–water partition coefficient (Wildman–Crippen LogP) is 14.3. The Morgan fingerprint density at radius 3 is 0.683 bits per heavy atom. The molecule has 4 fully saturated rings. The molecule has 672 valence electrons. The minimum Gasteiger partial charge on any atom is -0.493 e. The summed E-state index contributed by atoms with van der Waals surface area (Å²) < 4.78 is 332.